The normalized spacial score (nSPS) is 15.3. The fourth-order valence-electron chi connectivity index (χ4n) is 2.43. The number of aryl methyl sites for hydroxylation is 1. The van der Waals surface area contributed by atoms with E-state index in [0.717, 1.165) is 11.3 Å². The van der Waals surface area contributed by atoms with Gasteiger partial charge in [0.1, 0.15) is 11.5 Å². The van der Waals surface area contributed by atoms with Crippen molar-refractivity contribution in [1.29, 1.82) is 0 Å². The maximum atomic E-state index is 12.3. The molecule has 5 nitrogen and oxygen atoms in total. The highest BCUT2D eigenvalue weighted by molar-refractivity contribution is 5.94. The number of hydrogen-bond acceptors (Lipinski definition) is 3. The van der Waals surface area contributed by atoms with E-state index in [9.17, 15) is 9.59 Å². The monoisotopic (exact) mass is 283 g/mol. The van der Waals surface area contributed by atoms with Crippen molar-refractivity contribution >= 4 is 11.7 Å². The van der Waals surface area contributed by atoms with Gasteiger partial charge in [0.05, 0.1) is 5.69 Å². The standard InChI is InChI=1S/C16H17N3O2/c1-11-2-4-12(5-3-11)14-10-15(18-17-14)16(21)19-8-6-13(20)7-9-19/h2-5,10H,6-9H2,1H3,(H,17,18). The number of hydrogen-bond donors (Lipinski definition) is 1. The van der Waals surface area contributed by atoms with E-state index in [4.69, 9.17) is 0 Å². The van der Waals surface area contributed by atoms with Crippen LogP contribution in [0.2, 0.25) is 0 Å². The number of aromatic amines is 1. The molecule has 1 saturated heterocycles. The first kappa shape index (κ1) is 13.5. The Labute approximate surface area is 123 Å². The highest BCUT2D eigenvalue weighted by Crippen LogP contribution is 2.19. The van der Waals surface area contributed by atoms with Crippen LogP contribution in [0.5, 0.6) is 0 Å². The highest BCUT2D eigenvalue weighted by Gasteiger charge is 2.23. The number of aromatic nitrogens is 2. The molecular formula is C16H17N3O2. The Morgan fingerprint density at radius 3 is 2.52 bits per heavy atom. The van der Waals surface area contributed by atoms with Crippen LogP contribution in [-0.2, 0) is 4.79 Å². The quantitative estimate of drug-likeness (QED) is 0.918. The Morgan fingerprint density at radius 2 is 1.86 bits per heavy atom. The molecule has 1 aliphatic heterocycles. The zero-order valence-corrected chi connectivity index (χ0v) is 11.9. The first-order valence-electron chi connectivity index (χ1n) is 7.07. The summed E-state index contributed by atoms with van der Waals surface area (Å²) >= 11 is 0. The van der Waals surface area contributed by atoms with Gasteiger partial charge in [-0.15, -0.1) is 0 Å². The number of carbonyl (C=O) groups is 2. The fourth-order valence-corrected chi connectivity index (χ4v) is 2.43. The lowest BCUT2D eigenvalue weighted by Crippen LogP contribution is -2.38. The van der Waals surface area contributed by atoms with Crippen molar-refractivity contribution in [2.75, 3.05) is 13.1 Å². The molecule has 1 fully saturated rings. The van der Waals surface area contributed by atoms with Crippen molar-refractivity contribution in [2.45, 2.75) is 19.8 Å². The molecule has 1 aromatic carbocycles. The summed E-state index contributed by atoms with van der Waals surface area (Å²) in [6.45, 7) is 3.02. The number of ketones is 1. The first-order valence-corrected chi connectivity index (χ1v) is 7.07. The second kappa shape index (κ2) is 5.52. The molecule has 2 aromatic rings. The largest absolute Gasteiger partial charge is 0.336 e. The van der Waals surface area contributed by atoms with Crippen LogP contribution in [0.3, 0.4) is 0 Å². The Bertz CT molecular complexity index is 663. The van der Waals surface area contributed by atoms with E-state index in [0.29, 0.717) is 31.6 Å². The molecule has 0 unspecified atom stereocenters. The van der Waals surface area contributed by atoms with Crippen LogP contribution >= 0.6 is 0 Å². The average Bonchev–Trinajstić information content (AvgIpc) is 2.98. The molecule has 0 atom stereocenters. The maximum absolute atomic E-state index is 12.3. The Kier molecular flexibility index (Phi) is 3.56. The van der Waals surface area contributed by atoms with Crippen molar-refractivity contribution < 1.29 is 9.59 Å². The smallest absolute Gasteiger partial charge is 0.271 e. The lowest BCUT2D eigenvalue weighted by Gasteiger charge is -2.25. The minimum Gasteiger partial charge on any atom is -0.336 e. The number of piperidine rings is 1. The third-order valence-electron chi connectivity index (χ3n) is 3.76. The second-order valence-corrected chi connectivity index (χ2v) is 5.36. The van der Waals surface area contributed by atoms with Crippen LogP contribution in [-0.4, -0.2) is 39.9 Å². The van der Waals surface area contributed by atoms with Crippen molar-refractivity contribution in [1.82, 2.24) is 15.1 Å². The number of likely N-dealkylation sites (tertiary alicyclic amines) is 1. The summed E-state index contributed by atoms with van der Waals surface area (Å²) in [5.74, 6) is 0.136. The number of Topliss-reactive ketones (excluding diaryl/α,β-unsaturated/α-hetero) is 1. The van der Waals surface area contributed by atoms with Gasteiger partial charge in [-0.2, -0.15) is 5.10 Å². The van der Waals surface area contributed by atoms with E-state index < -0.39 is 0 Å². The number of nitrogens with one attached hydrogen (secondary N) is 1. The van der Waals surface area contributed by atoms with E-state index in [1.165, 1.54) is 5.56 Å². The molecule has 1 N–H and O–H groups in total. The van der Waals surface area contributed by atoms with Gasteiger partial charge < -0.3 is 4.90 Å². The molecule has 0 bridgehead atoms. The molecule has 0 spiro atoms. The van der Waals surface area contributed by atoms with Crippen molar-refractivity contribution in [2.24, 2.45) is 0 Å². The lowest BCUT2D eigenvalue weighted by molar-refractivity contribution is -0.120. The van der Waals surface area contributed by atoms with Gasteiger partial charge in [-0.3, -0.25) is 14.7 Å². The Hall–Kier alpha value is -2.43. The van der Waals surface area contributed by atoms with Gasteiger partial charge in [0.25, 0.3) is 5.91 Å². The van der Waals surface area contributed by atoms with Crippen molar-refractivity contribution in [3.05, 3.63) is 41.6 Å². The number of nitrogens with zero attached hydrogens (tertiary/aromatic N) is 2. The zero-order valence-electron chi connectivity index (χ0n) is 11.9. The van der Waals surface area contributed by atoms with Gasteiger partial charge in [-0.05, 0) is 13.0 Å². The van der Waals surface area contributed by atoms with E-state index >= 15 is 0 Å². The molecule has 3 rings (SSSR count). The molecular weight excluding hydrogens is 266 g/mol. The van der Waals surface area contributed by atoms with Gasteiger partial charge in [0.15, 0.2) is 0 Å². The Morgan fingerprint density at radius 1 is 1.19 bits per heavy atom. The minimum absolute atomic E-state index is 0.0895. The highest BCUT2D eigenvalue weighted by atomic mass is 16.2. The summed E-state index contributed by atoms with van der Waals surface area (Å²) in [4.78, 5) is 25.3. The molecule has 0 aliphatic carbocycles. The fraction of sp³-hybridized carbons (Fsp3) is 0.312. The van der Waals surface area contributed by atoms with E-state index in [-0.39, 0.29) is 11.7 Å². The molecule has 21 heavy (non-hydrogen) atoms. The molecule has 1 aromatic heterocycles. The van der Waals surface area contributed by atoms with E-state index in [2.05, 4.69) is 10.2 Å². The molecule has 5 heteroatoms. The average molecular weight is 283 g/mol. The number of rotatable bonds is 2. The predicted octanol–water partition coefficient (Wildman–Crippen LogP) is 2.19. The molecule has 1 aliphatic rings. The Balaban J connectivity index is 1.76. The van der Waals surface area contributed by atoms with E-state index in [1.807, 2.05) is 31.2 Å². The van der Waals surface area contributed by atoms with Crippen molar-refractivity contribution in [3.63, 3.8) is 0 Å². The summed E-state index contributed by atoms with van der Waals surface area (Å²) in [7, 11) is 0. The lowest BCUT2D eigenvalue weighted by atomic mass is 10.1. The number of H-pyrrole nitrogens is 1. The van der Waals surface area contributed by atoms with Crippen LogP contribution in [0.15, 0.2) is 30.3 Å². The summed E-state index contributed by atoms with van der Waals surface area (Å²) < 4.78 is 0. The molecule has 1 amide bonds. The maximum Gasteiger partial charge on any atom is 0.271 e. The number of benzene rings is 1. The van der Waals surface area contributed by atoms with Crippen LogP contribution in [0, 0.1) is 6.92 Å². The third-order valence-corrected chi connectivity index (χ3v) is 3.76. The topological polar surface area (TPSA) is 66.1 Å². The molecule has 2 heterocycles. The number of carbonyl (C=O) groups excluding carboxylic acids is 2. The van der Waals surface area contributed by atoms with Gasteiger partial charge in [-0.1, -0.05) is 29.8 Å². The van der Waals surface area contributed by atoms with Crippen LogP contribution in [0.4, 0.5) is 0 Å². The summed E-state index contributed by atoms with van der Waals surface area (Å²) in [6, 6.07) is 9.77. The summed E-state index contributed by atoms with van der Waals surface area (Å²) in [5, 5.41) is 7.01. The molecule has 0 radical (unpaired) electrons. The van der Waals surface area contributed by atoms with Crippen molar-refractivity contribution in [3.8, 4) is 11.3 Å². The predicted molar refractivity (Wildman–Crippen MR) is 78.9 cm³/mol. The van der Waals surface area contributed by atoms with Gasteiger partial charge >= 0.3 is 0 Å². The van der Waals surface area contributed by atoms with Crippen LogP contribution < -0.4 is 0 Å². The first-order chi connectivity index (χ1) is 10.1. The zero-order chi connectivity index (χ0) is 14.8. The second-order valence-electron chi connectivity index (χ2n) is 5.36. The third kappa shape index (κ3) is 2.86. The van der Waals surface area contributed by atoms with Gasteiger partial charge in [0, 0.05) is 31.5 Å². The number of amides is 1. The van der Waals surface area contributed by atoms with E-state index in [1.54, 1.807) is 11.0 Å². The van der Waals surface area contributed by atoms with Gasteiger partial charge in [-0.25, -0.2) is 0 Å². The minimum atomic E-state index is -0.0895. The molecule has 108 valence electrons. The summed E-state index contributed by atoms with van der Waals surface area (Å²) in [5.41, 5.74) is 3.39. The van der Waals surface area contributed by atoms with Gasteiger partial charge in [0.2, 0.25) is 0 Å². The summed E-state index contributed by atoms with van der Waals surface area (Å²) in [6.07, 6.45) is 0.898. The molecule has 0 saturated carbocycles. The van der Waals surface area contributed by atoms with Crippen LogP contribution in [0.25, 0.3) is 11.3 Å². The SMILES string of the molecule is Cc1ccc(-c2cc(C(=O)N3CCC(=O)CC3)[nH]n2)cc1. The van der Waals surface area contributed by atoms with Crippen LogP contribution in [0.1, 0.15) is 28.9 Å².